The summed E-state index contributed by atoms with van der Waals surface area (Å²) in [5.41, 5.74) is 0.901. The summed E-state index contributed by atoms with van der Waals surface area (Å²) in [6.07, 6.45) is 0. The number of azo groups is 1. The molecule has 2 aromatic rings. The number of hydrogen-bond donors (Lipinski definition) is 0. The van der Waals surface area contributed by atoms with Gasteiger partial charge in [0.1, 0.15) is 0 Å². The fourth-order valence-corrected chi connectivity index (χ4v) is 2.42. The lowest BCUT2D eigenvalue weighted by Gasteiger charge is -1.99. The first-order chi connectivity index (χ1) is 8.43. The normalized spacial score (nSPS) is 15.6. The van der Waals surface area contributed by atoms with Crippen molar-refractivity contribution in [3.05, 3.63) is 42.5 Å². The van der Waals surface area contributed by atoms with Crippen LogP contribution in [0.1, 0.15) is 0 Å². The maximum absolute atomic E-state index is 4.29. The molecule has 0 aliphatic carbocycles. The molecule has 3 nitrogen and oxygen atoms in total. The van der Waals surface area contributed by atoms with E-state index in [2.05, 4.69) is 33.4 Å². The summed E-state index contributed by atoms with van der Waals surface area (Å²) in [6.45, 7) is 0.856. The van der Waals surface area contributed by atoms with Gasteiger partial charge in [-0.25, -0.2) is 0 Å². The lowest BCUT2D eigenvalue weighted by atomic mass is 10.1. The Kier molecular flexibility index (Phi) is 2.88. The molecule has 0 unspecified atom stereocenters. The Hall–Kier alpha value is -1.68. The van der Waals surface area contributed by atoms with E-state index in [0.29, 0.717) is 0 Å². The van der Waals surface area contributed by atoms with E-state index >= 15 is 0 Å². The van der Waals surface area contributed by atoms with Crippen LogP contribution in [0.4, 0.5) is 5.69 Å². The predicted octanol–water partition coefficient (Wildman–Crippen LogP) is 4.03. The number of nitrogens with zero attached hydrogens (tertiary/aromatic N) is 3. The first-order valence-corrected chi connectivity index (χ1v) is 6.49. The molecule has 1 heterocycles. The number of fused-ring (bicyclic) bond motifs is 1. The standard InChI is InChI=1S/C13H11N3S/c1-2-6-11-10(4-1)5-3-7-12(11)15-16-13-14-8-9-17-13/h1-7H,8-9H2. The molecule has 1 aliphatic rings. The average Bonchev–Trinajstić information content (AvgIpc) is 2.89. The second-order valence-corrected chi connectivity index (χ2v) is 4.77. The van der Waals surface area contributed by atoms with E-state index in [4.69, 9.17) is 0 Å². The number of rotatable bonds is 1. The highest BCUT2D eigenvalue weighted by Gasteiger charge is 2.05. The van der Waals surface area contributed by atoms with Gasteiger partial charge in [0.2, 0.25) is 5.17 Å². The SMILES string of the molecule is c1ccc2c(N=NC3=NCCS3)cccc2c1. The van der Waals surface area contributed by atoms with Crippen LogP contribution in [0.25, 0.3) is 10.8 Å². The van der Waals surface area contributed by atoms with Gasteiger partial charge in [-0.05, 0) is 11.5 Å². The predicted molar refractivity (Wildman–Crippen MR) is 73.2 cm³/mol. The molecular weight excluding hydrogens is 230 g/mol. The fourth-order valence-electron chi connectivity index (χ4n) is 1.78. The molecular formula is C13H11N3S. The van der Waals surface area contributed by atoms with Gasteiger partial charge in [-0.15, -0.1) is 10.2 Å². The topological polar surface area (TPSA) is 37.1 Å². The van der Waals surface area contributed by atoms with E-state index < -0.39 is 0 Å². The van der Waals surface area contributed by atoms with Crippen molar-refractivity contribution in [3.63, 3.8) is 0 Å². The zero-order valence-electron chi connectivity index (χ0n) is 9.21. The first kappa shape index (κ1) is 10.5. The molecule has 17 heavy (non-hydrogen) atoms. The third-order valence-corrected chi connectivity index (χ3v) is 3.44. The summed E-state index contributed by atoms with van der Waals surface area (Å²) in [7, 11) is 0. The zero-order valence-corrected chi connectivity index (χ0v) is 10.0. The van der Waals surface area contributed by atoms with Crippen LogP contribution < -0.4 is 0 Å². The Labute approximate surface area is 104 Å². The largest absolute Gasteiger partial charge is 0.258 e. The average molecular weight is 241 g/mol. The summed E-state index contributed by atoms with van der Waals surface area (Å²) in [5.74, 6) is 1.02. The van der Waals surface area contributed by atoms with Crippen molar-refractivity contribution >= 4 is 33.4 Å². The number of benzene rings is 2. The van der Waals surface area contributed by atoms with Crippen molar-refractivity contribution in [1.29, 1.82) is 0 Å². The summed E-state index contributed by atoms with van der Waals surface area (Å²) in [4.78, 5) is 4.25. The van der Waals surface area contributed by atoms with Crippen LogP contribution >= 0.6 is 11.8 Å². The third-order valence-electron chi connectivity index (χ3n) is 2.58. The Morgan fingerprint density at radius 2 is 1.88 bits per heavy atom. The zero-order chi connectivity index (χ0) is 11.5. The fraction of sp³-hybridized carbons (Fsp3) is 0.154. The minimum Gasteiger partial charge on any atom is -0.258 e. The molecule has 0 N–H and O–H groups in total. The number of hydrogen-bond acceptors (Lipinski definition) is 4. The lowest BCUT2D eigenvalue weighted by Crippen LogP contribution is -1.78. The monoisotopic (exact) mass is 241 g/mol. The van der Waals surface area contributed by atoms with Gasteiger partial charge in [0.15, 0.2) is 0 Å². The molecule has 2 aromatic carbocycles. The van der Waals surface area contributed by atoms with E-state index in [1.165, 1.54) is 5.39 Å². The summed E-state index contributed by atoms with van der Waals surface area (Å²) in [5, 5.41) is 11.6. The highest BCUT2D eigenvalue weighted by atomic mass is 32.2. The molecule has 0 spiro atoms. The quantitative estimate of drug-likeness (QED) is 0.694. The van der Waals surface area contributed by atoms with Crippen molar-refractivity contribution in [2.45, 2.75) is 0 Å². The first-order valence-electron chi connectivity index (χ1n) is 5.50. The summed E-state index contributed by atoms with van der Waals surface area (Å²) in [6, 6.07) is 14.2. The van der Waals surface area contributed by atoms with E-state index in [1.54, 1.807) is 11.8 Å². The van der Waals surface area contributed by atoms with Crippen LogP contribution in [-0.4, -0.2) is 17.5 Å². The molecule has 0 saturated heterocycles. The Balaban J connectivity index is 2.00. The van der Waals surface area contributed by atoms with Gasteiger partial charge >= 0.3 is 0 Å². The molecule has 0 saturated carbocycles. The second kappa shape index (κ2) is 4.67. The summed E-state index contributed by atoms with van der Waals surface area (Å²) >= 11 is 1.66. The minimum atomic E-state index is 0.790. The van der Waals surface area contributed by atoms with Gasteiger partial charge in [0.05, 0.1) is 12.2 Å². The van der Waals surface area contributed by atoms with Gasteiger partial charge in [-0.2, -0.15) is 0 Å². The van der Waals surface area contributed by atoms with Crippen molar-refractivity contribution in [3.8, 4) is 0 Å². The Morgan fingerprint density at radius 1 is 1.00 bits per heavy atom. The van der Waals surface area contributed by atoms with Crippen molar-refractivity contribution in [2.75, 3.05) is 12.3 Å². The van der Waals surface area contributed by atoms with Crippen molar-refractivity contribution in [1.82, 2.24) is 0 Å². The van der Waals surface area contributed by atoms with Crippen LogP contribution in [0.3, 0.4) is 0 Å². The van der Waals surface area contributed by atoms with Crippen molar-refractivity contribution in [2.24, 2.45) is 15.2 Å². The summed E-state index contributed by atoms with van der Waals surface area (Å²) < 4.78 is 0. The van der Waals surface area contributed by atoms with Crippen LogP contribution in [0.5, 0.6) is 0 Å². The Bertz CT molecular complexity index is 599. The molecule has 4 heteroatoms. The molecule has 0 atom stereocenters. The van der Waals surface area contributed by atoms with E-state index in [1.807, 2.05) is 24.3 Å². The Morgan fingerprint density at radius 3 is 2.76 bits per heavy atom. The maximum atomic E-state index is 4.29. The number of amidine groups is 1. The van der Waals surface area contributed by atoms with Crippen LogP contribution in [0.2, 0.25) is 0 Å². The molecule has 0 fully saturated rings. The van der Waals surface area contributed by atoms with E-state index in [-0.39, 0.29) is 0 Å². The van der Waals surface area contributed by atoms with E-state index in [9.17, 15) is 0 Å². The van der Waals surface area contributed by atoms with Gasteiger partial charge in [-0.3, -0.25) is 4.99 Å². The number of thioether (sulfide) groups is 1. The van der Waals surface area contributed by atoms with E-state index in [0.717, 1.165) is 28.5 Å². The molecule has 3 rings (SSSR count). The highest BCUT2D eigenvalue weighted by Crippen LogP contribution is 2.26. The van der Waals surface area contributed by atoms with Crippen LogP contribution in [-0.2, 0) is 0 Å². The maximum Gasteiger partial charge on any atom is 0.204 e. The smallest absolute Gasteiger partial charge is 0.204 e. The molecule has 0 amide bonds. The molecule has 0 bridgehead atoms. The highest BCUT2D eigenvalue weighted by molar-refractivity contribution is 8.14. The van der Waals surface area contributed by atoms with Gasteiger partial charge in [-0.1, -0.05) is 48.2 Å². The second-order valence-electron chi connectivity index (χ2n) is 3.71. The molecule has 84 valence electrons. The lowest BCUT2D eigenvalue weighted by molar-refractivity contribution is 1.16. The van der Waals surface area contributed by atoms with Crippen LogP contribution in [0, 0.1) is 0 Å². The van der Waals surface area contributed by atoms with Gasteiger partial charge < -0.3 is 0 Å². The molecule has 0 aromatic heterocycles. The van der Waals surface area contributed by atoms with Crippen LogP contribution in [0.15, 0.2) is 57.7 Å². The van der Waals surface area contributed by atoms with Crippen molar-refractivity contribution < 1.29 is 0 Å². The third kappa shape index (κ3) is 2.22. The molecule has 0 radical (unpaired) electrons. The van der Waals surface area contributed by atoms with Gasteiger partial charge in [0.25, 0.3) is 0 Å². The number of aliphatic imine (C=N–C) groups is 1. The molecule has 1 aliphatic heterocycles. The van der Waals surface area contributed by atoms with Gasteiger partial charge in [0, 0.05) is 11.1 Å². The minimum absolute atomic E-state index is 0.790.